The number of rotatable bonds is 8. The van der Waals surface area contributed by atoms with E-state index < -0.39 is 17.7 Å². The molecule has 4 nitrogen and oxygen atoms in total. The first kappa shape index (κ1) is 23.8. The normalized spacial score (nSPS) is 14.5. The van der Waals surface area contributed by atoms with Crippen molar-refractivity contribution in [1.29, 1.82) is 0 Å². The lowest BCUT2D eigenvalue weighted by atomic mass is 9.91. The van der Waals surface area contributed by atoms with Crippen LogP contribution in [0.4, 0.5) is 13.2 Å². The number of hydrogen-bond donors (Lipinski definition) is 0. The number of alkyl halides is 3. The molecule has 0 bridgehead atoms. The zero-order valence-corrected chi connectivity index (χ0v) is 19.1. The number of nitrogens with zero attached hydrogens (tertiary/aromatic N) is 2. The van der Waals surface area contributed by atoms with Crippen LogP contribution < -0.4 is 0 Å². The fourth-order valence-corrected chi connectivity index (χ4v) is 4.31. The Kier molecular flexibility index (Phi) is 6.88. The standard InChI is InChI=1S/C26H21F3N2O2S/c1-16(19-3-2-4-21(10-19)26(27,28)29)24(32)12-22-11-20(13-30-22)18-7-5-17(6-8-18)9-25(33)23-14-34-15-31-23/h2-8,10,13-16H,9,11-12H2,1H3. The number of ketones is 2. The fraction of sp³-hybridized carbons (Fsp3) is 0.231. The van der Waals surface area contributed by atoms with Gasteiger partial charge in [0.15, 0.2) is 5.78 Å². The first-order valence-electron chi connectivity index (χ1n) is 10.7. The van der Waals surface area contributed by atoms with Crippen molar-refractivity contribution in [2.75, 3.05) is 0 Å². The molecule has 0 saturated heterocycles. The summed E-state index contributed by atoms with van der Waals surface area (Å²) >= 11 is 1.38. The molecule has 34 heavy (non-hydrogen) atoms. The Morgan fingerprint density at radius 2 is 1.85 bits per heavy atom. The maximum atomic E-state index is 13.0. The predicted octanol–water partition coefficient (Wildman–Crippen LogP) is 6.54. The third-order valence-electron chi connectivity index (χ3n) is 5.78. The molecule has 1 aliphatic heterocycles. The molecule has 2 aromatic carbocycles. The van der Waals surface area contributed by atoms with Crippen LogP contribution in [-0.2, 0) is 17.4 Å². The number of aromatic nitrogens is 1. The van der Waals surface area contributed by atoms with Gasteiger partial charge >= 0.3 is 6.18 Å². The Labute approximate surface area is 198 Å². The van der Waals surface area contributed by atoms with Crippen LogP contribution in [0.2, 0.25) is 0 Å². The summed E-state index contributed by atoms with van der Waals surface area (Å²) < 4.78 is 39.0. The van der Waals surface area contributed by atoms with Gasteiger partial charge in [-0.2, -0.15) is 13.2 Å². The van der Waals surface area contributed by atoms with Crippen LogP contribution in [0.1, 0.15) is 58.4 Å². The molecule has 4 rings (SSSR count). The number of thiazole rings is 1. The van der Waals surface area contributed by atoms with Crippen LogP contribution in [0.25, 0.3) is 5.57 Å². The third-order valence-corrected chi connectivity index (χ3v) is 6.37. The summed E-state index contributed by atoms with van der Waals surface area (Å²) in [7, 11) is 0. The molecule has 3 aromatic rings. The predicted molar refractivity (Wildman–Crippen MR) is 126 cm³/mol. The summed E-state index contributed by atoms with van der Waals surface area (Å²) in [5, 5.41) is 1.73. The lowest BCUT2D eigenvalue weighted by Gasteiger charge is -2.14. The molecule has 1 atom stereocenters. The molecule has 0 spiro atoms. The monoisotopic (exact) mass is 482 g/mol. The Balaban J connectivity index is 1.33. The van der Waals surface area contributed by atoms with Crippen LogP contribution >= 0.6 is 11.3 Å². The van der Waals surface area contributed by atoms with E-state index in [1.807, 2.05) is 24.3 Å². The molecule has 174 valence electrons. The highest BCUT2D eigenvalue weighted by molar-refractivity contribution is 7.07. The molecule has 2 heterocycles. The lowest BCUT2D eigenvalue weighted by molar-refractivity contribution is -0.137. The minimum Gasteiger partial charge on any atom is -0.299 e. The van der Waals surface area contributed by atoms with Crippen LogP contribution in [0.15, 0.2) is 70.6 Å². The number of aliphatic imine (C=N–C) groups is 1. The summed E-state index contributed by atoms with van der Waals surface area (Å²) in [6, 6.07) is 12.5. The van der Waals surface area contributed by atoms with E-state index in [-0.39, 0.29) is 24.4 Å². The van der Waals surface area contributed by atoms with Gasteiger partial charge in [-0.05, 0) is 28.3 Å². The molecule has 0 N–H and O–H groups in total. The lowest BCUT2D eigenvalue weighted by Crippen LogP contribution is -2.15. The van der Waals surface area contributed by atoms with Gasteiger partial charge < -0.3 is 0 Å². The Hall–Kier alpha value is -3.39. The second-order valence-corrected chi connectivity index (χ2v) is 8.90. The smallest absolute Gasteiger partial charge is 0.299 e. The molecular weight excluding hydrogens is 461 g/mol. The number of halogens is 3. The van der Waals surface area contributed by atoms with Gasteiger partial charge in [-0.1, -0.05) is 49.4 Å². The van der Waals surface area contributed by atoms with Crippen molar-refractivity contribution in [3.05, 3.63) is 93.6 Å². The van der Waals surface area contributed by atoms with Crippen molar-refractivity contribution >= 4 is 34.2 Å². The average molecular weight is 483 g/mol. The zero-order valence-electron chi connectivity index (χ0n) is 18.3. The van der Waals surface area contributed by atoms with E-state index in [4.69, 9.17) is 0 Å². The number of carbonyl (C=O) groups excluding carboxylic acids is 2. The van der Waals surface area contributed by atoms with Crippen molar-refractivity contribution < 1.29 is 22.8 Å². The minimum atomic E-state index is -4.45. The highest BCUT2D eigenvalue weighted by atomic mass is 32.1. The van der Waals surface area contributed by atoms with Gasteiger partial charge in [-0.15, -0.1) is 11.3 Å². The first-order valence-corrected chi connectivity index (χ1v) is 11.6. The number of allylic oxidation sites excluding steroid dienone is 1. The SMILES string of the molecule is CC(C(=O)CC1=NC=C(c2ccc(CC(=O)c3cscn3)cc2)C1)c1cccc(C(F)(F)F)c1. The van der Waals surface area contributed by atoms with E-state index in [0.29, 0.717) is 23.4 Å². The number of hydrogen-bond acceptors (Lipinski definition) is 5. The van der Waals surface area contributed by atoms with Crippen molar-refractivity contribution in [2.45, 2.75) is 38.3 Å². The van der Waals surface area contributed by atoms with E-state index in [1.54, 1.807) is 30.1 Å². The summed E-state index contributed by atoms with van der Waals surface area (Å²) in [6.45, 7) is 1.62. The molecule has 0 saturated carbocycles. The van der Waals surface area contributed by atoms with Gasteiger partial charge in [-0.25, -0.2) is 4.98 Å². The van der Waals surface area contributed by atoms with Crippen molar-refractivity contribution in [3.63, 3.8) is 0 Å². The first-order chi connectivity index (χ1) is 16.2. The molecule has 1 aromatic heterocycles. The van der Waals surface area contributed by atoms with Crippen LogP contribution in [-0.4, -0.2) is 22.3 Å². The van der Waals surface area contributed by atoms with Crippen LogP contribution in [0.3, 0.4) is 0 Å². The molecule has 1 aliphatic rings. The topological polar surface area (TPSA) is 59.4 Å². The summed E-state index contributed by atoms with van der Waals surface area (Å²) in [6.07, 6.45) is -1.88. The minimum absolute atomic E-state index is 0.0342. The maximum Gasteiger partial charge on any atom is 0.416 e. The van der Waals surface area contributed by atoms with E-state index in [0.717, 1.165) is 28.8 Å². The molecule has 8 heteroatoms. The highest BCUT2D eigenvalue weighted by Gasteiger charge is 2.31. The van der Waals surface area contributed by atoms with Crippen molar-refractivity contribution in [3.8, 4) is 0 Å². The Morgan fingerprint density at radius 1 is 1.09 bits per heavy atom. The van der Waals surface area contributed by atoms with Crippen molar-refractivity contribution in [1.82, 2.24) is 4.98 Å². The van der Waals surface area contributed by atoms with Crippen LogP contribution in [0.5, 0.6) is 0 Å². The van der Waals surface area contributed by atoms with Gasteiger partial charge in [0.05, 0.1) is 11.1 Å². The second kappa shape index (κ2) is 9.85. The Bertz CT molecular complexity index is 1260. The van der Waals surface area contributed by atoms with Gasteiger partial charge in [0, 0.05) is 42.5 Å². The molecule has 0 fully saturated rings. The highest BCUT2D eigenvalue weighted by Crippen LogP contribution is 2.32. The summed E-state index contributed by atoms with van der Waals surface area (Å²) in [5.41, 5.74) is 5.14. The average Bonchev–Trinajstić information content (AvgIpc) is 3.51. The van der Waals surface area contributed by atoms with Gasteiger partial charge in [-0.3, -0.25) is 14.6 Å². The van der Waals surface area contributed by atoms with Gasteiger partial charge in [0.25, 0.3) is 0 Å². The van der Waals surface area contributed by atoms with E-state index in [1.165, 1.54) is 17.4 Å². The quantitative estimate of drug-likeness (QED) is 0.343. The molecule has 0 aliphatic carbocycles. The molecule has 0 amide bonds. The largest absolute Gasteiger partial charge is 0.416 e. The van der Waals surface area contributed by atoms with Gasteiger partial charge in [0.1, 0.15) is 11.5 Å². The third kappa shape index (κ3) is 5.56. The maximum absolute atomic E-state index is 13.0. The molecule has 1 unspecified atom stereocenters. The van der Waals surface area contributed by atoms with E-state index in [2.05, 4.69) is 9.98 Å². The summed E-state index contributed by atoms with van der Waals surface area (Å²) in [4.78, 5) is 33.3. The summed E-state index contributed by atoms with van der Waals surface area (Å²) in [5.74, 6) is -0.875. The van der Waals surface area contributed by atoms with Crippen LogP contribution in [0, 0.1) is 0 Å². The number of benzene rings is 2. The van der Waals surface area contributed by atoms with Gasteiger partial charge in [0.2, 0.25) is 0 Å². The van der Waals surface area contributed by atoms with E-state index in [9.17, 15) is 22.8 Å². The molecular formula is C26H21F3N2O2S. The number of Topliss-reactive ketones (excluding diaryl/α,β-unsaturated/α-hetero) is 2. The number of carbonyl (C=O) groups is 2. The van der Waals surface area contributed by atoms with E-state index >= 15 is 0 Å². The second-order valence-electron chi connectivity index (χ2n) is 8.19. The zero-order chi connectivity index (χ0) is 24.3. The molecule has 0 radical (unpaired) electrons. The Morgan fingerprint density at radius 3 is 2.53 bits per heavy atom. The van der Waals surface area contributed by atoms with Crippen molar-refractivity contribution in [2.24, 2.45) is 4.99 Å². The fourth-order valence-electron chi connectivity index (χ4n) is 3.75.